The molecule has 1 aliphatic heterocycles. The molecule has 0 atom stereocenters. The summed E-state index contributed by atoms with van der Waals surface area (Å²) in [6.07, 6.45) is 4.01. The van der Waals surface area contributed by atoms with Gasteiger partial charge in [0.05, 0.1) is 11.5 Å². The van der Waals surface area contributed by atoms with E-state index in [0.29, 0.717) is 36.0 Å². The van der Waals surface area contributed by atoms with Crippen molar-refractivity contribution in [2.24, 2.45) is 0 Å². The van der Waals surface area contributed by atoms with E-state index in [0.717, 1.165) is 33.4 Å². The summed E-state index contributed by atoms with van der Waals surface area (Å²) in [6.45, 7) is 6.09. The van der Waals surface area contributed by atoms with E-state index in [1.165, 1.54) is 0 Å². The first-order valence-corrected chi connectivity index (χ1v) is 11.2. The molecule has 2 aromatic carbocycles. The normalized spacial score (nSPS) is 14.7. The molecule has 0 spiro atoms. The van der Waals surface area contributed by atoms with Crippen LogP contribution < -0.4 is 9.47 Å². The summed E-state index contributed by atoms with van der Waals surface area (Å²) >= 11 is 6.25. The number of thiocarbonyl (C=S) groups is 1. The van der Waals surface area contributed by atoms with Crippen molar-refractivity contribution in [1.82, 2.24) is 4.90 Å². The van der Waals surface area contributed by atoms with Gasteiger partial charge in [-0.2, -0.15) is 0 Å². The third-order valence-electron chi connectivity index (χ3n) is 4.51. The first-order valence-electron chi connectivity index (χ1n) is 9.97. The van der Waals surface area contributed by atoms with Crippen LogP contribution in [0.3, 0.4) is 0 Å². The summed E-state index contributed by atoms with van der Waals surface area (Å²) in [5, 5.41) is 9.02. The maximum Gasteiger partial charge on any atom is 0.323 e. The lowest BCUT2D eigenvalue weighted by atomic mass is 10.0. The van der Waals surface area contributed by atoms with Crippen LogP contribution in [-0.2, 0) is 22.6 Å². The largest absolute Gasteiger partial charge is 0.490 e. The van der Waals surface area contributed by atoms with E-state index in [-0.39, 0.29) is 4.32 Å². The molecule has 1 saturated heterocycles. The van der Waals surface area contributed by atoms with Gasteiger partial charge in [0.2, 0.25) is 0 Å². The minimum atomic E-state index is -1.12. The molecular weight excluding hydrogens is 446 g/mol. The first-order chi connectivity index (χ1) is 15.4. The molecule has 2 aromatic rings. The summed E-state index contributed by atoms with van der Waals surface area (Å²) in [6, 6.07) is 13.6. The van der Waals surface area contributed by atoms with Crippen molar-refractivity contribution in [3.8, 4) is 11.5 Å². The van der Waals surface area contributed by atoms with Crippen molar-refractivity contribution in [2.75, 3.05) is 13.2 Å². The molecule has 1 aliphatic rings. The van der Waals surface area contributed by atoms with Gasteiger partial charge in [-0.25, -0.2) is 0 Å². The van der Waals surface area contributed by atoms with E-state index in [4.69, 9.17) is 26.8 Å². The Balaban J connectivity index is 1.94. The van der Waals surface area contributed by atoms with Crippen LogP contribution in [0.15, 0.2) is 60.0 Å². The number of carbonyl (C=O) groups is 2. The van der Waals surface area contributed by atoms with Crippen molar-refractivity contribution in [3.05, 3.63) is 76.7 Å². The van der Waals surface area contributed by atoms with E-state index in [2.05, 4.69) is 6.58 Å². The Labute approximate surface area is 196 Å². The van der Waals surface area contributed by atoms with Gasteiger partial charge in [0, 0.05) is 5.56 Å². The molecule has 0 aliphatic carbocycles. The highest BCUT2D eigenvalue weighted by molar-refractivity contribution is 8.26. The Morgan fingerprint density at radius 2 is 2.00 bits per heavy atom. The van der Waals surface area contributed by atoms with E-state index in [9.17, 15) is 9.59 Å². The van der Waals surface area contributed by atoms with Gasteiger partial charge in [0.25, 0.3) is 5.91 Å². The quantitative estimate of drug-likeness (QED) is 0.308. The predicted molar refractivity (Wildman–Crippen MR) is 130 cm³/mol. The minimum Gasteiger partial charge on any atom is -0.490 e. The molecule has 0 bridgehead atoms. The standard InChI is InChI=1S/C24H23NO5S2/c1-3-8-18-11-17(13-20-23(28)25(14-21(26)27)24(31)32-20)12-19(29-4-2)22(18)30-15-16-9-6-5-7-10-16/h3,5-7,9-13H,1,4,8,14-15H2,2H3,(H,26,27)/b20-13+. The van der Waals surface area contributed by atoms with Gasteiger partial charge in [0.15, 0.2) is 11.5 Å². The number of amides is 1. The van der Waals surface area contributed by atoms with Crippen LogP contribution in [0.2, 0.25) is 0 Å². The first kappa shape index (κ1) is 23.6. The fourth-order valence-electron chi connectivity index (χ4n) is 3.15. The molecule has 0 aromatic heterocycles. The molecule has 0 unspecified atom stereocenters. The van der Waals surface area contributed by atoms with E-state index in [1.54, 1.807) is 18.2 Å². The highest BCUT2D eigenvalue weighted by Gasteiger charge is 2.33. The lowest BCUT2D eigenvalue weighted by Crippen LogP contribution is -2.33. The number of nitrogens with zero attached hydrogens (tertiary/aromatic N) is 1. The summed E-state index contributed by atoms with van der Waals surface area (Å²) in [5.74, 6) is -0.342. The zero-order valence-corrected chi connectivity index (χ0v) is 19.2. The molecule has 1 N–H and O–H groups in total. The Morgan fingerprint density at radius 3 is 2.66 bits per heavy atom. The van der Waals surface area contributed by atoms with Crippen molar-refractivity contribution >= 4 is 46.3 Å². The van der Waals surface area contributed by atoms with Crippen LogP contribution in [0, 0.1) is 0 Å². The van der Waals surface area contributed by atoms with Crippen LogP contribution >= 0.6 is 24.0 Å². The Morgan fingerprint density at radius 1 is 1.25 bits per heavy atom. The van der Waals surface area contributed by atoms with Crippen LogP contribution in [-0.4, -0.2) is 39.4 Å². The number of benzene rings is 2. The third kappa shape index (κ3) is 5.77. The third-order valence-corrected chi connectivity index (χ3v) is 5.89. The second-order valence-corrected chi connectivity index (χ2v) is 8.54. The van der Waals surface area contributed by atoms with Gasteiger partial charge in [-0.1, -0.05) is 60.4 Å². The zero-order valence-electron chi connectivity index (χ0n) is 17.6. The molecule has 8 heteroatoms. The number of carboxylic acids is 1. The minimum absolute atomic E-state index is 0.225. The van der Waals surface area contributed by atoms with Crippen LogP contribution in [0.4, 0.5) is 0 Å². The smallest absolute Gasteiger partial charge is 0.323 e. The molecule has 0 radical (unpaired) electrons. The number of aliphatic carboxylic acids is 1. The highest BCUT2D eigenvalue weighted by atomic mass is 32.2. The lowest BCUT2D eigenvalue weighted by Gasteiger charge is -2.17. The number of hydrogen-bond donors (Lipinski definition) is 1. The van der Waals surface area contributed by atoms with Gasteiger partial charge in [-0.05, 0) is 42.7 Å². The molecule has 1 fully saturated rings. The fraction of sp³-hybridized carbons (Fsp3) is 0.208. The highest BCUT2D eigenvalue weighted by Crippen LogP contribution is 2.37. The maximum atomic E-state index is 12.6. The van der Waals surface area contributed by atoms with Crippen molar-refractivity contribution < 1.29 is 24.2 Å². The number of thioether (sulfide) groups is 1. The molecule has 0 saturated carbocycles. The summed E-state index contributed by atoms with van der Waals surface area (Å²) in [7, 11) is 0. The molecule has 3 rings (SSSR count). The monoisotopic (exact) mass is 469 g/mol. The predicted octanol–water partition coefficient (Wildman–Crippen LogP) is 4.68. The zero-order chi connectivity index (χ0) is 23.1. The molecule has 1 amide bonds. The summed E-state index contributed by atoms with van der Waals surface area (Å²) in [5.41, 5.74) is 2.63. The number of allylic oxidation sites excluding steroid dienone is 1. The number of hydrogen-bond acceptors (Lipinski definition) is 6. The molecular formula is C24H23NO5S2. The second-order valence-electron chi connectivity index (χ2n) is 6.87. The molecule has 166 valence electrons. The van der Waals surface area contributed by atoms with Crippen molar-refractivity contribution in [1.29, 1.82) is 0 Å². The Hall–Kier alpha value is -3.10. The van der Waals surface area contributed by atoms with Crippen LogP contribution in [0.5, 0.6) is 11.5 Å². The lowest BCUT2D eigenvalue weighted by molar-refractivity contribution is -0.140. The van der Waals surface area contributed by atoms with Crippen molar-refractivity contribution in [2.45, 2.75) is 20.0 Å². The summed E-state index contributed by atoms with van der Waals surface area (Å²) in [4.78, 5) is 25.1. The topological polar surface area (TPSA) is 76.1 Å². The van der Waals surface area contributed by atoms with Crippen LogP contribution in [0.1, 0.15) is 23.6 Å². The van der Waals surface area contributed by atoms with Crippen LogP contribution in [0.25, 0.3) is 6.08 Å². The number of carbonyl (C=O) groups excluding carboxylic acids is 1. The van der Waals surface area contributed by atoms with E-state index >= 15 is 0 Å². The van der Waals surface area contributed by atoms with Gasteiger partial charge >= 0.3 is 5.97 Å². The maximum absolute atomic E-state index is 12.6. The van der Waals surface area contributed by atoms with Crippen molar-refractivity contribution in [3.63, 3.8) is 0 Å². The van der Waals surface area contributed by atoms with Gasteiger partial charge in [-0.15, -0.1) is 6.58 Å². The number of carboxylic acid groups (broad SMARTS) is 1. The van der Waals surface area contributed by atoms with Gasteiger partial charge < -0.3 is 14.6 Å². The molecule has 32 heavy (non-hydrogen) atoms. The fourth-order valence-corrected chi connectivity index (χ4v) is 4.41. The van der Waals surface area contributed by atoms with E-state index in [1.807, 2.05) is 43.3 Å². The van der Waals surface area contributed by atoms with Gasteiger partial charge in [-0.3, -0.25) is 14.5 Å². The Bertz CT molecular complexity index is 1070. The summed E-state index contributed by atoms with van der Waals surface area (Å²) < 4.78 is 12.2. The molecule has 1 heterocycles. The van der Waals surface area contributed by atoms with Gasteiger partial charge in [0.1, 0.15) is 17.5 Å². The second kappa shape index (κ2) is 11.0. The number of rotatable bonds is 10. The number of ether oxygens (including phenoxy) is 2. The average molecular weight is 470 g/mol. The van der Waals surface area contributed by atoms with E-state index < -0.39 is 18.4 Å². The SMILES string of the molecule is C=CCc1cc(/C=C2/SC(=S)N(CC(=O)O)C2=O)cc(OCC)c1OCc1ccccc1. The molecule has 6 nitrogen and oxygen atoms in total. The Kier molecular flexibility index (Phi) is 8.08. The average Bonchev–Trinajstić information content (AvgIpc) is 3.01.